The lowest BCUT2D eigenvalue weighted by molar-refractivity contribution is 0.203. The Morgan fingerprint density at radius 1 is 1.17 bits per heavy atom. The van der Waals surface area contributed by atoms with Crippen LogP contribution in [-0.2, 0) is 6.54 Å². The summed E-state index contributed by atoms with van der Waals surface area (Å²) in [5.41, 5.74) is 1.39. The Balaban J connectivity index is 1.55. The minimum atomic E-state index is 0.508. The molecule has 0 unspecified atom stereocenters. The van der Waals surface area contributed by atoms with Crippen molar-refractivity contribution in [3.63, 3.8) is 0 Å². The van der Waals surface area contributed by atoms with E-state index < -0.39 is 0 Å². The van der Waals surface area contributed by atoms with Crippen LogP contribution in [0.4, 0.5) is 11.8 Å². The lowest BCUT2D eigenvalue weighted by atomic mass is 10.0. The zero-order valence-electron chi connectivity index (χ0n) is 14.7. The zero-order valence-corrected chi connectivity index (χ0v) is 14.7. The number of piperidine rings is 1. The second kappa shape index (κ2) is 8.11. The maximum Gasteiger partial charge on any atom is 0.227 e. The first kappa shape index (κ1) is 16.7. The molecule has 0 amide bonds. The summed E-state index contributed by atoms with van der Waals surface area (Å²) in [5, 5.41) is 3.25. The van der Waals surface area contributed by atoms with Crippen LogP contribution in [0.3, 0.4) is 0 Å². The van der Waals surface area contributed by atoms with Gasteiger partial charge in [0, 0.05) is 45.5 Å². The van der Waals surface area contributed by atoms with E-state index in [1.54, 1.807) is 0 Å². The molecule has 1 aromatic heterocycles. The molecule has 1 fully saturated rings. The quantitative estimate of drug-likeness (QED) is 0.884. The summed E-state index contributed by atoms with van der Waals surface area (Å²) < 4.78 is 0. The normalized spacial score (nSPS) is 16.1. The smallest absolute Gasteiger partial charge is 0.227 e. The SMILES string of the molecule is CCNc1ccnc(N(C)C2CCN(Cc3ccccc3)CC2)n1. The number of likely N-dealkylation sites (tertiary alicyclic amines) is 1. The molecule has 2 heterocycles. The standard InChI is InChI=1S/C19H27N5/c1-3-20-18-9-12-21-19(22-18)23(2)17-10-13-24(14-11-17)15-16-7-5-4-6-8-16/h4-9,12,17H,3,10-11,13-15H2,1-2H3,(H,20,21,22). The largest absolute Gasteiger partial charge is 0.370 e. The van der Waals surface area contributed by atoms with Gasteiger partial charge in [-0.05, 0) is 31.4 Å². The van der Waals surface area contributed by atoms with Gasteiger partial charge in [-0.3, -0.25) is 4.90 Å². The molecule has 128 valence electrons. The summed E-state index contributed by atoms with van der Waals surface area (Å²) >= 11 is 0. The molecule has 0 radical (unpaired) electrons. The highest BCUT2D eigenvalue weighted by atomic mass is 15.3. The van der Waals surface area contributed by atoms with E-state index in [-0.39, 0.29) is 0 Å². The Morgan fingerprint density at radius 3 is 2.62 bits per heavy atom. The van der Waals surface area contributed by atoms with Crippen molar-refractivity contribution in [1.82, 2.24) is 14.9 Å². The Morgan fingerprint density at radius 2 is 1.92 bits per heavy atom. The van der Waals surface area contributed by atoms with Crippen molar-refractivity contribution in [3.05, 3.63) is 48.2 Å². The first-order valence-corrected chi connectivity index (χ1v) is 8.82. The Hall–Kier alpha value is -2.14. The van der Waals surface area contributed by atoms with E-state index in [0.717, 1.165) is 50.8 Å². The van der Waals surface area contributed by atoms with E-state index in [9.17, 15) is 0 Å². The van der Waals surface area contributed by atoms with Crippen molar-refractivity contribution in [2.24, 2.45) is 0 Å². The summed E-state index contributed by atoms with van der Waals surface area (Å²) in [4.78, 5) is 13.8. The number of rotatable bonds is 6. The van der Waals surface area contributed by atoms with Gasteiger partial charge in [0.2, 0.25) is 5.95 Å². The number of benzene rings is 1. The summed E-state index contributed by atoms with van der Waals surface area (Å²) in [5.74, 6) is 1.71. The average molecular weight is 325 g/mol. The Labute approximate surface area is 144 Å². The van der Waals surface area contributed by atoms with Crippen LogP contribution < -0.4 is 10.2 Å². The van der Waals surface area contributed by atoms with E-state index >= 15 is 0 Å². The molecule has 1 aliphatic heterocycles. The fourth-order valence-electron chi connectivity index (χ4n) is 3.27. The molecule has 0 saturated carbocycles. The third-order valence-corrected chi connectivity index (χ3v) is 4.67. The van der Waals surface area contributed by atoms with Crippen LogP contribution in [0.5, 0.6) is 0 Å². The molecule has 2 aromatic rings. The van der Waals surface area contributed by atoms with Gasteiger partial charge in [0.05, 0.1) is 0 Å². The molecule has 5 heteroatoms. The number of nitrogens with zero attached hydrogens (tertiary/aromatic N) is 4. The van der Waals surface area contributed by atoms with Crippen LogP contribution in [0.1, 0.15) is 25.3 Å². The summed E-state index contributed by atoms with van der Waals surface area (Å²) in [6.07, 6.45) is 4.14. The van der Waals surface area contributed by atoms with E-state index in [2.05, 4.69) is 69.4 Å². The molecule has 1 aliphatic rings. The molecule has 0 atom stereocenters. The first-order valence-electron chi connectivity index (χ1n) is 8.82. The van der Waals surface area contributed by atoms with Gasteiger partial charge < -0.3 is 10.2 Å². The summed E-state index contributed by atoms with van der Waals surface area (Å²) in [7, 11) is 2.11. The minimum absolute atomic E-state index is 0.508. The third-order valence-electron chi connectivity index (χ3n) is 4.67. The van der Waals surface area contributed by atoms with E-state index in [1.165, 1.54) is 5.56 Å². The number of anilines is 2. The number of nitrogens with one attached hydrogen (secondary N) is 1. The molecule has 5 nitrogen and oxygen atoms in total. The summed E-state index contributed by atoms with van der Waals surface area (Å²) in [6, 6.07) is 13.1. The van der Waals surface area contributed by atoms with Crippen molar-refractivity contribution in [2.45, 2.75) is 32.4 Å². The molecule has 0 spiro atoms. The van der Waals surface area contributed by atoms with Crippen LogP contribution >= 0.6 is 0 Å². The number of hydrogen-bond acceptors (Lipinski definition) is 5. The van der Waals surface area contributed by atoms with Gasteiger partial charge in [-0.25, -0.2) is 4.98 Å². The Bertz CT molecular complexity index is 623. The molecule has 0 aliphatic carbocycles. The maximum atomic E-state index is 4.61. The van der Waals surface area contributed by atoms with E-state index in [0.29, 0.717) is 6.04 Å². The predicted molar refractivity (Wildman–Crippen MR) is 99.3 cm³/mol. The van der Waals surface area contributed by atoms with Crippen LogP contribution in [0.2, 0.25) is 0 Å². The van der Waals surface area contributed by atoms with Crippen molar-refractivity contribution in [1.29, 1.82) is 0 Å². The van der Waals surface area contributed by atoms with Crippen LogP contribution in [0.25, 0.3) is 0 Å². The molecule has 0 bridgehead atoms. The predicted octanol–water partition coefficient (Wildman–Crippen LogP) is 3.01. The number of aromatic nitrogens is 2. The van der Waals surface area contributed by atoms with Gasteiger partial charge in [0.15, 0.2) is 0 Å². The monoisotopic (exact) mass is 325 g/mol. The van der Waals surface area contributed by atoms with Gasteiger partial charge in [-0.1, -0.05) is 30.3 Å². The molecular formula is C19H27N5. The summed E-state index contributed by atoms with van der Waals surface area (Å²) in [6.45, 7) is 6.24. The maximum absolute atomic E-state index is 4.61. The highest BCUT2D eigenvalue weighted by Crippen LogP contribution is 2.21. The fourth-order valence-corrected chi connectivity index (χ4v) is 3.27. The van der Waals surface area contributed by atoms with Gasteiger partial charge in [0.1, 0.15) is 5.82 Å². The van der Waals surface area contributed by atoms with E-state index in [1.807, 2.05) is 12.3 Å². The molecular weight excluding hydrogens is 298 g/mol. The first-order chi connectivity index (χ1) is 11.8. The zero-order chi connectivity index (χ0) is 16.8. The molecule has 1 N–H and O–H groups in total. The molecule has 24 heavy (non-hydrogen) atoms. The van der Waals surface area contributed by atoms with Crippen molar-refractivity contribution in [2.75, 3.05) is 36.9 Å². The van der Waals surface area contributed by atoms with Crippen molar-refractivity contribution in [3.8, 4) is 0 Å². The second-order valence-corrected chi connectivity index (χ2v) is 6.38. The van der Waals surface area contributed by atoms with Crippen LogP contribution in [0.15, 0.2) is 42.6 Å². The van der Waals surface area contributed by atoms with Crippen LogP contribution in [-0.4, -0.2) is 47.6 Å². The van der Waals surface area contributed by atoms with Crippen molar-refractivity contribution < 1.29 is 0 Å². The fraction of sp³-hybridized carbons (Fsp3) is 0.474. The highest BCUT2D eigenvalue weighted by Gasteiger charge is 2.24. The lowest BCUT2D eigenvalue weighted by Crippen LogP contribution is -2.43. The molecule has 1 aromatic carbocycles. The minimum Gasteiger partial charge on any atom is -0.370 e. The van der Waals surface area contributed by atoms with Crippen LogP contribution in [0, 0.1) is 0 Å². The average Bonchev–Trinajstić information content (AvgIpc) is 2.63. The third kappa shape index (κ3) is 4.23. The lowest BCUT2D eigenvalue weighted by Gasteiger charge is -2.36. The van der Waals surface area contributed by atoms with Gasteiger partial charge >= 0.3 is 0 Å². The number of hydrogen-bond donors (Lipinski definition) is 1. The van der Waals surface area contributed by atoms with Gasteiger partial charge in [-0.15, -0.1) is 0 Å². The van der Waals surface area contributed by atoms with Crippen molar-refractivity contribution >= 4 is 11.8 Å². The van der Waals surface area contributed by atoms with Gasteiger partial charge in [-0.2, -0.15) is 4.98 Å². The molecule has 3 rings (SSSR count). The van der Waals surface area contributed by atoms with Gasteiger partial charge in [0.25, 0.3) is 0 Å². The topological polar surface area (TPSA) is 44.3 Å². The van der Waals surface area contributed by atoms with E-state index in [4.69, 9.17) is 0 Å². The molecule has 1 saturated heterocycles. The highest BCUT2D eigenvalue weighted by molar-refractivity contribution is 5.41. The Kier molecular flexibility index (Phi) is 5.64. The second-order valence-electron chi connectivity index (χ2n) is 6.38.